The minimum absolute atomic E-state index is 0.0647. The van der Waals surface area contributed by atoms with Gasteiger partial charge in [0.1, 0.15) is 0 Å². The molecule has 1 fully saturated rings. The number of para-hydroxylation sites is 2. The van der Waals surface area contributed by atoms with Crippen molar-refractivity contribution in [1.29, 1.82) is 0 Å². The number of carbonyl (C=O) groups excluding carboxylic acids is 1. The van der Waals surface area contributed by atoms with Gasteiger partial charge in [-0.3, -0.25) is 14.6 Å². The molecule has 2 aliphatic rings. The molecule has 0 aliphatic carbocycles. The zero-order valence-electron chi connectivity index (χ0n) is 8.84. The van der Waals surface area contributed by atoms with Crippen LogP contribution in [0.5, 0.6) is 0 Å². The molecule has 0 N–H and O–H groups in total. The molecule has 1 unspecified atom stereocenters. The Labute approximate surface area is 88.7 Å². The van der Waals surface area contributed by atoms with Crippen LogP contribution in [0, 0.1) is 0 Å². The first-order chi connectivity index (χ1) is 7.20. The Kier molecular flexibility index (Phi) is 1.59. The van der Waals surface area contributed by atoms with Crippen molar-refractivity contribution in [1.82, 2.24) is 4.90 Å². The van der Waals surface area contributed by atoms with Crippen LogP contribution >= 0.6 is 0 Å². The number of benzene rings is 1. The summed E-state index contributed by atoms with van der Waals surface area (Å²) in [4.78, 5) is 17.9. The molecule has 2 heterocycles. The van der Waals surface area contributed by atoms with Crippen molar-refractivity contribution in [3.8, 4) is 0 Å². The lowest BCUT2D eigenvalue weighted by atomic mass is 10.2. The van der Waals surface area contributed by atoms with Crippen LogP contribution in [0.3, 0.4) is 0 Å². The van der Waals surface area contributed by atoms with Crippen molar-refractivity contribution >= 4 is 17.3 Å². The summed E-state index contributed by atoms with van der Waals surface area (Å²) in [7, 11) is 4.00. The molecule has 4 heteroatoms. The van der Waals surface area contributed by atoms with Crippen LogP contribution in [0.1, 0.15) is 0 Å². The molecule has 0 bridgehead atoms. The molecular formula is C11H13N3O. The van der Waals surface area contributed by atoms with Gasteiger partial charge in [0.25, 0.3) is 0 Å². The van der Waals surface area contributed by atoms with Crippen molar-refractivity contribution in [2.75, 3.05) is 30.4 Å². The predicted molar refractivity (Wildman–Crippen MR) is 58.7 cm³/mol. The molecule has 1 atom stereocenters. The van der Waals surface area contributed by atoms with E-state index in [0.29, 0.717) is 6.54 Å². The van der Waals surface area contributed by atoms with Crippen LogP contribution in [-0.2, 0) is 4.79 Å². The van der Waals surface area contributed by atoms with Crippen molar-refractivity contribution in [2.24, 2.45) is 0 Å². The van der Waals surface area contributed by atoms with Gasteiger partial charge in [-0.15, -0.1) is 0 Å². The van der Waals surface area contributed by atoms with Crippen LogP contribution < -0.4 is 9.80 Å². The van der Waals surface area contributed by atoms with E-state index in [2.05, 4.69) is 15.9 Å². The Morgan fingerprint density at radius 1 is 1.20 bits per heavy atom. The number of anilines is 2. The molecule has 0 saturated carbocycles. The van der Waals surface area contributed by atoms with E-state index < -0.39 is 0 Å². The van der Waals surface area contributed by atoms with E-state index in [4.69, 9.17) is 0 Å². The lowest BCUT2D eigenvalue weighted by molar-refractivity contribution is -0.116. The summed E-state index contributed by atoms with van der Waals surface area (Å²) in [6.07, 6.45) is 0.0647. The highest BCUT2D eigenvalue weighted by Crippen LogP contribution is 2.41. The molecule has 78 valence electrons. The van der Waals surface area contributed by atoms with E-state index >= 15 is 0 Å². The maximum absolute atomic E-state index is 11.8. The van der Waals surface area contributed by atoms with E-state index in [1.807, 2.05) is 37.2 Å². The number of carbonyl (C=O) groups is 1. The maximum atomic E-state index is 11.8. The molecule has 1 aromatic rings. The first-order valence-electron chi connectivity index (χ1n) is 5.04. The molecule has 3 rings (SSSR count). The number of rotatable bonds is 0. The van der Waals surface area contributed by atoms with Gasteiger partial charge in [0.2, 0.25) is 5.91 Å². The van der Waals surface area contributed by atoms with Gasteiger partial charge in [0.05, 0.1) is 17.9 Å². The smallest absolute Gasteiger partial charge is 0.244 e. The quantitative estimate of drug-likeness (QED) is 0.621. The third kappa shape index (κ3) is 0.969. The second-order valence-corrected chi connectivity index (χ2v) is 4.12. The average Bonchev–Trinajstić information content (AvgIpc) is 2.68. The largest absolute Gasteiger partial charge is 0.340 e. The van der Waals surface area contributed by atoms with Crippen molar-refractivity contribution in [3.63, 3.8) is 0 Å². The van der Waals surface area contributed by atoms with Gasteiger partial charge in [-0.05, 0) is 19.2 Å². The Bertz CT molecular complexity index is 432. The molecule has 4 nitrogen and oxygen atoms in total. The monoisotopic (exact) mass is 203 g/mol. The van der Waals surface area contributed by atoms with Gasteiger partial charge >= 0.3 is 0 Å². The first kappa shape index (κ1) is 8.73. The second kappa shape index (κ2) is 2.73. The molecule has 0 aromatic heterocycles. The molecule has 1 amide bonds. The van der Waals surface area contributed by atoms with E-state index in [1.54, 1.807) is 0 Å². The third-order valence-electron chi connectivity index (χ3n) is 3.15. The zero-order valence-corrected chi connectivity index (χ0v) is 8.84. The molecule has 15 heavy (non-hydrogen) atoms. The number of hydrogen-bond donors (Lipinski definition) is 0. The fraction of sp³-hybridized carbons (Fsp3) is 0.364. The van der Waals surface area contributed by atoms with E-state index in [0.717, 1.165) is 11.4 Å². The Hall–Kier alpha value is -1.55. The summed E-state index contributed by atoms with van der Waals surface area (Å²) in [5, 5.41) is 0. The topological polar surface area (TPSA) is 26.8 Å². The van der Waals surface area contributed by atoms with Crippen LogP contribution in [0.25, 0.3) is 0 Å². The lowest BCUT2D eigenvalue weighted by Crippen LogP contribution is -2.45. The first-order valence-corrected chi connectivity index (χ1v) is 5.04. The van der Waals surface area contributed by atoms with Gasteiger partial charge in [-0.1, -0.05) is 12.1 Å². The van der Waals surface area contributed by atoms with E-state index in [1.165, 1.54) is 0 Å². The summed E-state index contributed by atoms with van der Waals surface area (Å²) < 4.78 is 0. The van der Waals surface area contributed by atoms with Crippen LogP contribution in [0.2, 0.25) is 0 Å². The highest BCUT2D eigenvalue weighted by atomic mass is 16.2. The van der Waals surface area contributed by atoms with Crippen LogP contribution in [0.15, 0.2) is 24.3 Å². The Morgan fingerprint density at radius 2 is 1.87 bits per heavy atom. The highest BCUT2D eigenvalue weighted by molar-refractivity contribution is 6.03. The summed E-state index contributed by atoms with van der Waals surface area (Å²) in [5.74, 6) is 0.180. The summed E-state index contributed by atoms with van der Waals surface area (Å²) in [6, 6.07) is 8.03. The van der Waals surface area contributed by atoms with Crippen LogP contribution in [0.4, 0.5) is 11.4 Å². The van der Waals surface area contributed by atoms with Gasteiger partial charge in [0, 0.05) is 7.05 Å². The molecule has 2 aliphatic heterocycles. The molecule has 1 aromatic carbocycles. The average molecular weight is 203 g/mol. The van der Waals surface area contributed by atoms with E-state index in [9.17, 15) is 4.79 Å². The molecule has 0 radical (unpaired) electrons. The Balaban J connectivity index is 2.16. The van der Waals surface area contributed by atoms with Crippen molar-refractivity contribution < 1.29 is 4.79 Å². The summed E-state index contributed by atoms with van der Waals surface area (Å²) in [6.45, 7) is 0.503. The fourth-order valence-corrected chi connectivity index (χ4v) is 2.52. The Morgan fingerprint density at radius 3 is 2.60 bits per heavy atom. The van der Waals surface area contributed by atoms with Gasteiger partial charge in [-0.25, -0.2) is 0 Å². The third-order valence-corrected chi connectivity index (χ3v) is 3.15. The van der Waals surface area contributed by atoms with Gasteiger partial charge in [0.15, 0.2) is 6.29 Å². The number of amides is 1. The molecular weight excluding hydrogens is 190 g/mol. The van der Waals surface area contributed by atoms with Crippen molar-refractivity contribution in [3.05, 3.63) is 24.3 Å². The minimum Gasteiger partial charge on any atom is -0.340 e. The van der Waals surface area contributed by atoms with Crippen LogP contribution in [-0.4, -0.2) is 37.7 Å². The normalized spacial score (nSPS) is 24.7. The SMILES string of the molecule is CN1CC(=O)N2c3ccccc3N(C)C12. The highest BCUT2D eigenvalue weighted by Gasteiger charge is 2.45. The number of fused-ring (bicyclic) bond motifs is 3. The summed E-state index contributed by atoms with van der Waals surface area (Å²) in [5.41, 5.74) is 2.15. The van der Waals surface area contributed by atoms with E-state index in [-0.39, 0.29) is 12.2 Å². The van der Waals surface area contributed by atoms with Gasteiger partial charge in [-0.2, -0.15) is 0 Å². The van der Waals surface area contributed by atoms with Gasteiger partial charge < -0.3 is 4.90 Å². The fourth-order valence-electron chi connectivity index (χ4n) is 2.52. The molecule has 0 spiro atoms. The summed E-state index contributed by atoms with van der Waals surface area (Å²) >= 11 is 0. The van der Waals surface area contributed by atoms with Crippen molar-refractivity contribution in [2.45, 2.75) is 6.29 Å². The predicted octanol–water partition coefficient (Wildman–Crippen LogP) is 0.698. The lowest BCUT2D eigenvalue weighted by Gasteiger charge is -2.27. The zero-order chi connectivity index (χ0) is 10.6. The number of nitrogens with zero attached hydrogens (tertiary/aromatic N) is 3. The standard InChI is InChI=1S/C11H13N3O/c1-12-7-10(15)14-9-6-4-3-5-8(9)13(2)11(12)14/h3-6,11H,7H2,1-2H3. The maximum Gasteiger partial charge on any atom is 0.244 e. The minimum atomic E-state index is 0.0647. The number of likely N-dealkylation sites (N-methyl/N-ethyl adjacent to an activating group) is 1. The molecule has 1 saturated heterocycles. The second-order valence-electron chi connectivity index (χ2n) is 4.12. The number of hydrogen-bond acceptors (Lipinski definition) is 3.